The van der Waals surface area contributed by atoms with Crippen LogP contribution in [0.2, 0.25) is 0 Å². The van der Waals surface area contributed by atoms with E-state index >= 15 is 0 Å². The number of nitrogens with zero attached hydrogens (tertiary/aromatic N) is 3. The van der Waals surface area contributed by atoms with E-state index in [2.05, 4.69) is 41.8 Å². The number of carbonyl (C=O) groups is 1. The van der Waals surface area contributed by atoms with Gasteiger partial charge in [-0.2, -0.15) is 0 Å². The number of ether oxygens (including phenoxy) is 1. The molecular weight excluding hydrogens is 374 g/mol. The summed E-state index contributed by atoms with van der Waals surface area (Å²) >= 11 is 4.67. The molecule has 0 saturated heterocycles. The first-order valence-electron chi connectivity index (χ1n) is 7.57. The predicted molar refractivity (Wildman–Crippen MR) is 86.2 cm³/mol. The maximum Gasteiger partial charge on any atom is 0.487 e. The van der Waals surface area contributed by atoms with E-state index in [1.807, 2.05) is 0 Å². The van der Waals surface area contributed by atoms with Crippen LogP contribution in [0.25, 0.3) is 0 Å². The molecule has 0 atom stereocenters. The smallest absolute Gasteiger partial charge is 0.420 e. The number of oxime groups is 1. The highest BCUT2D eigenvalue weighted by atomic mass is 35.5. The Hall–Kier alpha value is -2.75. The molecule has 8 nitrogen and oxygen atoms in total. The van der Waals surface area contributed by atoms with Crippen molar-refractivity contribution in [3.05, 3.63) is 35.7 Å². The average molecular weight is 387 g/mol. The van der Waals surface area contributed by atoms with Crippen LogP contribution in [0.15, 0.2) is 34.1 Å². The molecule has 1 aliphatic rings. The Morgan fingerprint density at radius 2 is 2.08 bits per heavy atom. The number of anilines is 1. The number of nitrogens with one attached hydrogen (secondary N) is 1. The van der Waals surface area contributed by atoms with E-state index in [4.69, 9.17) is 4.84 Å². The highest BCUT2D eigenvalue weighted by molar-refractivity contribution is 6.20. The molecule has 1 amide bonds. The van der Waals surface area contributed by atoms with Crippen molar-refractivity contribution < 1.29 is 27.8 Å². The van der Waals surface area contributed by atoms with Crippen LogP contribution in [0.5, 0.6) is 5.75 Å². The third-order valence-electron chi connectivity index (χ3n) is 3.40. The van der Waals surface area contributed by atoms with E-state index in [0.29, 0.717) is 29.2 Å². The molecule has 1 heterocycles. The lowest BCUT2D eigenvalue weighted by atomic mass is 9.99. The molecule has 1 aliphatic carbocycles. The van der Waals surface area contributed by atoms with Crippen molar-refractivity contribution in [3.63, 3.8) is 0 Å². The lowest BCUT2D eigenvalue weighted by Crippen LogP contribution is -2.19. The Balaban J connectivity index is 1.50. The molecule has 1 aromatic carbocycles. The van der Waals surface area contributed by atoms with Gasteiger partial charge in [0, 0.05) is 17.3 Å². The lowest BCUT2D eigenvalue weighted by molar-refractivity contribution is -0.120. The highest BCUT2D eigenvalue weighted by Crippen LogP contribution is 2.26. The van der Waals surface area contributed by atoms with Gasteiger partial charge in [-0.3, -0.25) is 4.79 Å². The summed E-state index contributed by atoms with van der Waals surface area (Å²) < 4.78 is 33.9. The van der Waals surface area contributed by atoms with Crippen LogP contribution in [0, 0.1) is 0 Å². The van der Waals surface area contributed by atoms with Gasteiger partial charge in [0.15, 0.2) is 12.3 Å². The topological polar surface area (TPSA) is 98.8 Å². The van der Waals surface area contributed by atoms with Gasteiger partial charge < -0.3 is 14.9 Å². The zero-order valence-corrected chi connectivity index (χ0v) is 14.0. The number of rotatable bonds is 6. The van der Waals surface area contributed by atoms with Crippen molar-refractivity contribution >= 4 is 28.9 Å². The van der Waals surface area contributed by atoms with Gasteiger partial charge in [0.1, 0.15) is 17.2 Å². The Labute approximate surface area is 151 Å². The van der Waals surface area contributed by atoms with Crippen LogP contribution in [0.3, 0.4) is 0 Å². The van der Waals surface area contributed by atoms with E-state index < -0.39 is 11.5 Å². The molecule has 0 spiro atoms. The Morgan fingerprint density at radius 1 is 1.31 bits per heavy atom. The molecule has 0 aliphatic heterocycles. The molecule has 138 valence electrons. The normalized spacial score (nSPS) is 15.4. The van der Waals surface area contributed by atoms with Crippen molar-refractivity contribution in [1.29, 1.82) is 0 Å². The second kappa shape index (κ2) is 7.65. The maximum atomic E-state index is 12.5. The minimum absolute atomic E-state index is 0.139. The van der Waals surface area contributed by atoms with Crippen LogP contribution in [-0.4, -0.2) is 34.1 Å². The average Bonchev–Trinajstić information content (AvgIpc) is 3.05. The number of hydrogen-bond donors (Lipinski definition) is 1. The van der Waals surface area contributed by atoms with E-state index in [1.54, 1.807) is 0 Å². The number of fused-ring (bicyclic) bond motifs is 1. The van der Waals surface area contributed by atoms with Crippen molar-refractivity contribution in [2.24, 2.45) is 5.16 Å². The molecule has 0 bridgehead atoms. The quantitative estimate of drug-likeness (QED) is 0.605. The summed E-state index contributed by atoms with van der Waals surface area (Å²) in [5.74, 6) is -0.611. The molecule has 11 heteroatoms. The van der Waals surface area contributed by atoms with Gasteiger partial charge in [0.25, 0.3) is 5.91 Å². The van der Waals surface area contributed by atoms with Crippen LogP contribution in [-0.2, 0) is 16.1 Å². The molecule has 1 N–H and O–H groups in total. The van der Waals surface area contributed by atoms with E-state index in [-0.39, 0.29) is 12.4 Å². The fourth-order valence-corrected chi connectivity index (χ4v) is 2.42. The minimum atomic E-state index is -3.80. The van der Waals surface area contributed by atoms with E-state index in [9.17, 15) is 13.6 Å². The first kappa shape index (κ1) is 18.1. The number of carbonyl (C=O) groups excluding carboxylic acids is 1. The van der Waals surface area contributed by atoms with Gasteiger partial charge >= 0.3 is 5.57 Å². The first-order chi connectivity index (χ1) is 12.4. The van der Waals surface area contributed by atoms with Crippen LogP contribution >= 0.6 is 11.6 Å². The van der Waals surface area contributed by atoms with Crippen LogP contribution in [0.1, 0.15) is 24.2 Å². The lowest BCUT2D eigenvalue weighted by Gasteiger charge is -2.11. The fourth-order valence-electron chi connectivity index (χ4n) is 2.33. The summed E-state index contributed by atoms with van der Waals surface area (Å²) in [6, 6.07) is 5.26. The van der Waals surface area contributed by atoms with Crippen molar-refractivity contribution in [2.45, 2.75) is 24.8 Å². The Kier molecular flexibility index (Phi) is 5.31. The molecular formula is C15H13ClF2N4O4. The third-order valence-corrected chi connectivity index (χ3v) is 3.48. The zero-order valence-electron chi connectivity index (χ0n) is 13.2. The minimum Gasteiger partial charge on any atom is -0.420 e. The number of aromatic nitrogens is 2. The van der Waals surface area contributed by atoms with Gasteiger partial charge in [-0.1, -0.05) is 10.3 Å². The summed E-state index contributed by atoms with van der Waals surface area (Å²) in [6.45, 7) is -0.331. The highest BCUT2D eigenvalue weighted by Gasteiger charge is 2.27. The van der Waals surface area contributed by atoms with Gasteiger partial charge in [-0.25, -0.2) is 4.63 Å². The number of halogens is 3. The van der Waals surface area contributed by atoms with Gasteiger partial charge in [-0.05, 0) is 48.7 Å². The SMILES string of the molecule is O=C(CON=C1CCCc2nonc21)Nc1ccc(OC(F)(F)Cl)cc1. The molecule has 0 saturated carbocycles. The largest absolute Gasteiger partial charge is 0.487 e. The Morgan fingerprint density at radius 3 is 2.81 bits per heavy atom. The monoisotopic (exact) mass is 386 g/mol. The summed E-state index contributed by atoms with van der Waals surface area (Å²) in [5, 5.41) is 14.0. The summed E-state index contributed by atoms with van der Waals surface area (Å²) in [4.78, 5) is 16.9. The second-order valence-electron chi connectivity index (χ2n) is 5.34. The second-order valence-corrected chi connectivity index (χ2v) is 5.78. The summed E-state index contributed by atoms with van der Waals surface area (Å²) in [5.41, 5.74) is -1.59. The van der Waals surface area contributed by atoms with Gasteiger partial charge in [0.2, 0.25) is 0 Å². The van der Waals surface area contributed by atoms with E-state index in [1.165, 1.54) is 24.3 Å². The summed E-state index contributed by atoms with van der Waals surface area (Å²) in [7, 11) is 0. The van der Waals surface area contributed by atoms with Crippen molar-refractivity contribution in [1.82, 2.24) is 10.3 Å². The molecule has 2 aromatic rings. The van der Waals surface area contributed by atoms with Gasteiger partial charge in [0.05, 0.1) is 0 Å². The molecule has 1 aromatic heterocycles. The first-order valence-corrected chi connectivity index (χ1v) is 7.95. The van der Waals surface area contributed by atoms with Crippen molar-refractivity contribution in [2.75, 3.05) is 11.9 Å². The number of aryl methyl sites for hydroxylation is 1. The third kappa shape index (κ3) is 4.88. The van der Waals surface area contributed by atoms with Gasteiger partial charge in [-0.15, -0.1) is 8.78 Å². The van der Waals surface area contributed by atoms with Crippen LogP contribution in [0.4, 0.5) is 14.5 Å². The summed E-state index contributed by atoms with van der Waals surface area (Å²) in [6.07, 6.45) is 2.24. The number of amides is 1. The van der Waals surface area contributed by atoms with E-state index in [0.717, 1.165) is 12.8 Å². The molecule has 0 fully saturated rings. The Bertz CT molecular complexity index is 805. The van der Waals surface area contributed by atoms with Crippen molar-refractivity contribution in [3.8, 4) is 5.75 Å². The standard InChI is InChI=1S/C15H13ClF2N4O4/c16-15(17,18)25-10-6-4-9(5-7-10)19-13(23)8-24-20-11-2-1-3-12-14(11)22-26-21-12/h4-7H,1-3,8H2,(H,19,23). The molecule has 0 radical (unpaired) electrons. The molecule has 0 unspecified atom stereocenters. The number of benzene rings is 1. The van der Waals surface area contributed by atoms with Crippen LogP contribution < -0.4 is 10.1 Å². The molecule has 3 rings (SSSR count). The zero-order chi connectivity index (χ0) is 18.6. The fraction of sp³-hybridized carbons (Fsp3) is 0.333. The number of hydrogen-bond acceptors (Lipinski definition) is 7. The maximum absolute atomic E-state index is 12.5. The predicted octanol–water partition coefficient (Wildman–Crippen LogP) is 2.93. The number of alkyl halides is 3. The molecule has 26 heavy (non-hydrogen) atoms.